The topological polar surface area (TPSA) is 69.7 Å². The Balaban J connectivity index is 2.68. The van der Waals surface area contributed by atoms with Crippen molar-refractivity contribution in [3.05, 3.63) is 29.8 Å². The van der Waals surface area contributed by atoms with Gasteiger partial charge in [0.25, 0.3) is 0 Å². The minimum absolute atomic E-state index is 0.0437. The summed E-state index contributed by atoms with van der Waals surface area (Å²) in [5.41, 5.74) is 1.88. The maximum atomic E-state index is 12.2. The molecule has 0 aliphatic heterocycles. The highest BCUT2D eigenvalue weighted by Gasteiger charge is 2.20. The molecular weight excluding hydrogens is 338 g/mol. The Kier molecular flexibility index (Phi) is 7.59. The van der Waals surface area contributed by atoms with Crippen LogP contribution in [0.25, 0.3) is 0 Å². The van der Waals surface area contributed by atoms with E-state index in [1.807, 2.05) is 43.3 Å². The third-order valence-electron chi connectivity index (χ3n) is 3.84. The van der Waals surface area contributed by atoms with Crippen LogP contribution in [-0.4, -0.2) is 63.5 Å². The third kappa shape index (κ3) is 7.98. The highest BCUT2D eigenvalue weighted by Crippen LogP contribution is 2.23. The minimum atomic E-state index is -3.42. The predicted octanol–water partition coefficient (Wildman–Crippen LogP) is 2.14. The molecule has 0 spiro atoms. The van der Waals surface area contributed by atoms with Crippen LogP contribution in [-0.2, 0) is 20.2 Å². The van der Waals surface area contributed by atoms with Crippen LogP contribution in [0.5, 0.6) is 0 Å². The number of carbonyl (C=O) groups excluding carboxylic acids is 1. The van der Waals surface area contributed by atoms with Gasteiger partial charge in [0.15, 0.2) is 0 Å². The van der Waals surface area contributed by atoms with Gasteiger partial charge in [-0.05, 0) is 50.2 Å². The quantitative estimate of drug-likeness (QED) is 0.762. The fourth-order valence-electron chi connectivity index (χ4n) is 2.34. The SMILES string of the molecule is CN(C)CCCN(CC(=O)Nc1ccc(C(C)(C)C)cc1)S(C)(=O)=O. The van der Waals surface area contributed by atoms with Gasteiger partial charge in [-0.3, -0.25) is 4.79 Å². The molecule has 0 aromatic heterocycles. The van der Waals surface area contributed by atoms with Gasteiger partial charge in [0, 0.05) is 12.2 Å². The molecule has 1 N–H and O–H groups in total. The van der Waals surface area contributed by atoms with Crippen LogP contribution in [0.4, 0.5) is 5.69 Å². The first-order chi connectivity index (χ1) is 11.4. The molecule has 0 saturated carbocycles. The van der Waals surface area contributed by atoms with E-state index in [1.165, 1.54) is 9.87 Å². The van der Waals surface area contributed by atoms with Crippen molar-refractivity contribution in [1.29, 1.82) is 0 Å². The highest BCUT2D eigenvalue weighted by atomic mass is 32.2. The first-order valence-corrected chi connectivity index (χ1v) is 10.2. The van der Waals surface area contributed by atoms with Crippen molar-refractivity contribution in [1.82, 2.24) is 9.21 Å². The Bertz CT molecular complexity index is 662. The molecule has 142 valence electrons. The molecule has 0 heterocycles. The van der Waals surface area contributed by atoms with Crippen molar-refractivity contribution in [3.8, 4) is 0 Å². The van der Waals surface area contributed by atoms with E-state index in [4.69, 9.17) is 0 Å². The molecule has 1 aromatic rings. The lowest BCUT2D eigenvalue weighted by atomic mass is 9.87. The van der Waals surface area contributed by atoms with Crippen molar-refractivity contribution < 1.29 is 13.2 Å². The highest BCUT2D eigenvalue weighted by molar-refractivity contribution is 7.88. The van der Waals surface area contributed by atoms with Crippen LogP contribution in [0.15, 0.2) is 24.3 Å². The smallest absolute Gasteiger partial charge is 0.239 e. The van der Waals surface area contributed by atoms with E-state index < -0.39 is 10.0 Å². The fraction of sp³-hybridized carbons (Fsp3) is 0.611. The summed E-state index contributed by atoms with van der Waals surface area (Å²) in [5, 5.41) is 2.77. The molecule has 1 aromatic carbocycles. The third-order valence-corrected chi connectivity index (χ3v) is 5.09. The first-order valence-electron chi connectivity index (χ1n) is 8.40. The molecule has 6 nitrogen and oxygen atoms in total. The number of sulfonamides is 1. The molecular formula is C18H31N3O3S. The van der Waals surface area contributed by atoms with Gasteiger partial charge in [0.2, 0.25) is 15.9 Å². The van der Waals surface area contributed by atoms with Gasteiger partial charge in [0.1, 0.15) is 0 Å². The zero-order chi connectivity index (χ0) is 19.3. The second kappa shape index (κ2) is 8.78. The monoisotopic (exact) mass is 369 g/mol. The Morgan fingerprint density at radius 2 is 1.64 bits per heavy atom. The summed E-state index contributed by atoms with van der Waals surface area (Å²) in [5.74, 6) is -0.334. The lowest BCUT2D eigenvalue weighted by Gasteiger charge is -2.21. The fourth-order valence-corrected chi connectivity index (χ4v) is 3.15. The van der Waals surface area contributed by atoms with Gasteiger partial charge < -0.3 is 10.2 Å². The van der Waals surface area contributed by atoms with E-state index >= 15 is 0 Å². The zero-order valence-electron chi connectivity index (χ0n) is 16.2. The standard InChI is InChI=1S/C18H31N3O3S/c1-18(2,3)15-8-10-16(11-9-15)19-17(22)14-21(25(6,23)24)13-7-12-20(4)5/h8-11H,7,12-14H2,1-6H3,(H,19,22). The lowest BCUT2D eigenvalue weighted by molar-refractivity contribution is -0.116. The number of anilines is 1. The number of carbonyl (C=O) groups is 1. The molecule has 0 fully saturated rings. The van der Waals surface area contributed by atoms with Crippen molar-refractivity contribution in [2.24, 2.45) is 0 Å². The summed E-state index contributed by atoms with van der Waals surface area (Å²) < 4.78 is 25.0. The van der Waals surface area contributed by atoms with E-state index in [0.29, 0.717) is 18.7 Å². The maximum absolute atomic E-state index is 12.2. The zero-order valence-corrected chi connectivity index (χ0v) is 17.0. The predicted molar refractivity (Wildman–Crippen MR) is 103 cm³/mol. The van der Waals surface area contributed by atoms with Gasteiger partial charge in [0.05, 0.1) is 12.8 Å². The number of nitrogens with zero attached hydrogens (tertiary/aromatic N) is 2. The summed E-state index contributed by atoms with van der Waals surface area (Å²) in [6.07, 6.45) is 1.81. The number of hydrogen-bond donors (Lipinski definition) is 1. The molecule has 0 radical (unpaired) electrons. The Labute approximate surface area is 152 Å². The molecule has 25 heavy (non-hydrogen) atoms. The second-order valence-corrected chi connectivity index (χ2v) is 9.61. The van der Waals surface area contributed by atoms with Crippen LogP contribution in [0, 0.1) is 0 Å². The van der Waals surface area contributed by atoms with Crippen LogP contribution in [0.3, 0.4) is 0 Å². The number of hydrogen-bond acceptors (Lipinski definition) is 4. The first kappa shape index (κ1) is 21.6. The van der Waals surface area contributed by atoms with E-state index in [-0.39, 0.29) is 17.9 Å². The number of amides is 1. The van der Waals surface area contributed by atoms with Crippen molar-refractivity contribution in [2.45, 2.75) is 32.6 Å². The van der Waals surface area contributed by atoms with Gasteiger partial charge in [-0.15, -0.1) is 0 Å². The van der Waals surface area contributed by atoms with Crippen LogP contribution in [0.2, 0.25) is 0 Å². The molecule has 0 atom stereocenters. The van der Waals surface area contributed by atoms with E-state index in [2.05, 4.69) is 26.1 Å². The van der Waals surface area contributed by atoms with Crippen molar-refractivity contribution in [2.75, 3.05) is 45.3 Å². The summed E-state index contributed by atoms with van der Waals surface area (Å²) in [4.78, 5) is 14.2. The van der Waals surface area contributed by atoms with Gasteiger partial charge in [-0.25, -0.2) is 8.42 Å². The second-order valence-electron chi connectivity index (χ2n) is 7.63. The Hall–Kier alpha value is -1.44. The van der Waals surface area contributed by atoms with E-state index in [9.17, 15) is 13.2 Å². The largest absolute Gasteiger partial charge is 0.325 e. The average molecular weight is 370 g/mol. The Morgan fingerprint density at radius 3 is 2.08 bits per heavy atom. The maximum Gasteiger partial charge on any atom is 0.239 e. The van der Waals surface area contributed by atoms with Gasteiger partial charge in [-0.2, -0.15) is 4.31 Å². The average Bonchev–Trinajstić information content (AvgIpc) is 2.44. The van der Waals surface area contributed by atoms with Crippen LogP contribution in [0.1, 0.15) is 32.8 Å². The summed E-state index contributed by atoms with van der Waals surface area (Å²) in [6.45, 7) is 7.29. The van der Waals surface area contributed by atoms with Crippen molar-refractivity contribution in [3.63, 3.8) is 0 Å². The minimum Gasteiger partial charge on any atom is -0.325 e. The molecule has 0 bridgehead atoms. The molecule has 0 unspecified atom stereocenters. The number of nitrogens with one attached hydrogen (secondary N) is 1. The molecule has 1 rings (SSSR count). The normalized spacial score (nSPS) is 12.6. The van der Waals surface area contributed by atoms with E-state index in [1.54, 1.807) is 0 Å². The number of rotatable bonds is 8. The number of benzene rings is 1. The van der Waals surface area contributed by atoms with Gasteiger partial charge in [-0.1, -0.05) is 32.9 Å². The van der Waals surface area contributed by atoms with Crippen LogP contribution < -0.4 is 5.32 Å². The van der Waals surface area contributed by atoms with E-state index in [0.717, 1.165) is 12.8 Å². The molecule has 0 aliphatic carbocycles. The summed E-state index contributed by atoms with van der Waals surface area (Å²) >= 11 is 0. The Morgan fingerprint density at radius 1 is 1.08 bits per heavy atom. The lowest BCUT2D eigenvalue weighted by Crippen LogP contribution is -2.38. The summed E-state index contributed by atoms with van der Waals surface area (Å²) in [7, 11) is 0.436. The van der Waals surface area contributed by atoms with Gasteiger partial charge >= 0.3 is 0 Å². The molecule has 0 saturated heterocycles. The molecule has 1 amide bonds. The molecule has 0 aliphatic rings. The molecule has 7 heteroatoms. The summed E-state index contributed by atoms with van der Waals surface area (Å²) in [6, 6.07) is 7.63. The van der Waals surface area contributed by atoms with Crippen molar-refractivity contribution >= 4 is 21.6 Å². The van der Waals surface area contributed by atoms with Crippen LogP contribution >= 0.6 is 0 Å².